The summed E-state index contributed by atoms with van der Waals surface area (Å²) in [6, 6.07) is 16.7. The quantitative estimate of drug-likeness (QED) is 0.592. The summed E-state index contributed by atoms with van der Waals surface area (Å²) in [5.74, 6) is 1.58. The smallest absolute Gasteiger partial charge is 0.269 e. The second-order valence-electron chi connectivity index (χ2n) is 6.37. The third kappa shape index (κ3) is 4.94. The molecule has 7 heteroatoms. The van der Waals surface area contributed by atoms with Gasteiger partial charge in [-0.05, 0) is 30.2 Å². The van der Waals surface area contributed by atoms with Crippen LogP contribution in [0.3, 0.4) is 0 Å². The lowest BCUT2D eigenvalue weighted by atomic mass is 9.89. The van der Waals surface area contributed by atoms with Crippen molar-refractivity contribution >= 4 is 18.1 Å². The summed E-state index contributed by atoms with van der Waals surface area (Å²) < 4.78 is 5.72. The number of rotatable bonds is 7. The van der Waals surface area contributed by atoms with Gasteiger partial charge in [0, 0.05) is 37.7 Å². The molecule has 26 heavy (non-hydrogen) atoms. The Hall–Kier alpha value is -2.15. The third-order valence-electron chi connectivity index (χ3n) is 4.77. The molecule has 0 unspecified atom stereocenters. The fraction of sp³-hybridized carbons (Fsp3) is 0.368. The van der Waals surface area contributed by atoms with Crippen molar-refractivity contribution < 1.29 is 9.66 Å². The van der Waals surface area contributed by atoms with Crippen LogP contribution in [0.25, 0.3) is 0 Å². The Morgan fingerprint density at radius 2 is 1.81 bits per heavy atom. The number of nitrogens with zero attached hydrogens (tertiary/aromatic N) is 2. The van der Waals surface area contributed by atoms with Crippen LogP contribution < -0.4 is 10.5 Å². The summed E-state index contributed by atoms with van der Waals surface area (Å²) in [6.07, 6.45) is 0. The van der Waals surface area contributed by atoms with Crippen LogP contribution in [0.1, 0.15) is 11.5 Å². The first-order chi connectivity index (χ1) is 12.2. The lowest BCUT2D eigenvalue weighted by Gasteiger charge is -2.17. The fourth-order valence-electron chi connectivity index (χ4n) is 3.42. The van der Waals surface area contributed by atoms with Crippen LogP contribution in [0.15, 0.2) is 54.6 Å². The first-order valence-electron chi connectivity index (χ1n) is 8.52. The summed E-state index contributed by atoms with van der Waals surface area (Å²) in [5, 5.41) is 10.7. The van der Waals surface area contributed by atoms with Crippen molar-refractivity contribution in [2.45, 2.75) is 5.92 Å². The van der Waals surface area contributed by atoms with Crippen molar-refractivity contribution in [3.63, 3.8) is 0 Å². The standard InChI is InChI=1S/C19H23N3O3.ClH/c20-12-16-13-21(14-19(16)15-4-2-1-3-5-15)10-11-25-18-8-6-17(7-9-18)22(23)24;/h1-9,16,19H,10-14,20H2;1H/t16-,19+;/m1./s1. The van der Waals surface area contributed by atoms with E-state index in [1.54, 1.807) is 12.1 Å². The molecule has 0 aliphatic carbocycles. The number of nitro benzene ring substituents is 1. The molecule has 0 spiro atoms. The summed E-state index contributed by atoms with van der Waals surface area (Å²) >= 11 is 0. The van der Waals surface area contributed by atoms with E-state index in [1.165, 1.54) is 17.7 Å². The Balaban J connectivity index is 0.00000243. The number of halogens is 1. The van der Waals surface area contributed by atoms with Crippen LogP contribution in [-0.4, -0.2) is 42.6 Å². The molecule has 6 nitrogen and oxygen atoms in total. The van der Waals surface area contributed by atoms with Gasteiger partial charge < -0.3 is 10.5 Å². The molecule has 0 amide bonds. The molecule has 0 bridgehead atoms. The molecule has 1 fully saturated rings. The molecule has 0 saturated carbocycles. The third-order valence-corrected chi connectivity index (χ3v) is 4.77. The van der Waals surface area contributed by atoms with Crippen molar-refractivity contribution in [3.05, 3.63) is 70.3 Å². The predicted molar refractivity (Wildman–Crippen MR) is 104 cm³/mol. The molecular formula is C19H24ClN3O3. The van der Waals surface area contributed by atoms with Gasteiger partial charge in [0.05, 0.1) is 4.92 Å². The minimum absolute atomic E-state index is 0. The monoisotopic (exact) mass is 377 g/mol. The topological polar surface area (TPSA) is 81.6 Å². The van der Waals surface area contributed by atoms with Crippen molar-refractivity contribution in [1.29, 1.82) is 0 Å². The second-order valence-corrected chi connectivity index (χ2v) is 6.37. The highest BCUT2D eigenvalue weighted by Crippen LogP contribution is 2.31. The first kappa shape index (κ1) is 20.2. The van der Waals surface area contributed by atoms with E-state index in [-0.39, 0.29) is 18.1 Å². The number of nitro groups is 1. The van der Waals surface area contributed by atoms with E-state index in [0.29, 0.717) is 30.7 Å². The molecule has 0 aromatic heterocycles. The van der Waals surface area contributed by atoms with Crippen LogP contribution in [0.5, 0.6) is 5.75 Å². The van der Waals surface area contributed by atoms with Crippen molar-refractivity contribution in [2.24, 2.45) is 11.7 Å². The Bertz CT molecular complexity index is 697. The number of nitrogens with two attached hydrogens (primary N) is 1. The molecule has 2 aromatic rings. The Morgan fingerprint density at radius 1 is 1.12 bits per heavy atom. The van der Waals surface area contributed by atoms with Gasteiger partial charge in [-0.15, -0.1) is 12.4 Å². The average molecular weight is 378 g/mol. The van der Waals surface area contributed by atoms with Crippen LogP contribution in [0, 0.1) is 16.0 Å². The number of ether oxygens (including phenoxy) is 1. The SMILES string of the molecule is Cl.NC[C@@H]1CN(CCOc2ccc([N+](=O)[O-])cc2)C[C@H]1c1ccccc1. The zero-order valence-electron chi connectivity index (χ0n) is 14.5. The van der Waals surface area contributed by atoms with Crippen molar-refractivity contribution in [3.8, 4) is 5.75 Å². The lowest BCUT2D eigenvalue weighted by Crippen LogP contribution is -2.27. The molecule has 2 atom stereocenters. The minimum atomic E-state index is -0.412. The van der Waals surface area contributed by atoms with E-state index in [4.69, 9.17) is 10.5 Å². The molecule has 2 N–H and O–H groups in total. The molecule has 140 valence electrons. The molecule has 2 aromatic carbocycles. The van der Waals surface area contributed by atoms with E-state index < -0.39 is 4.92 Å². The van der Waals surface area contributed by atoms with Crippen LogP contribution in [-0.2, 0) is 0 Å². The fourth-order valence-corrected chi connectivity index (χ4v) is 3.42. The molecule has 3 rings (SSSR count). The zero-order chi connectivity index (χ0) is 17.6. The molecule has 0 radical (unpaired) electrons. The molecule has 1 aliphatic heterocycles. The van der Waals surface area contributed by atoms with Gasteiger partial charge in [-0.3, -0.25) is 15.0 Å². The van der Waals surface area contributed by atoms with E-state index in [2.05, 4.69) is 29.2 Å². The van der Waals surface area contributed by atoms with Gasteiger partial charge >= 0.3 is 0 Å². The predicted octanol–water partition coefficient (Wildman–Crippen LogP) is 3.07. The minimum Gasteiger partial charge on any atom is -0.492 e. The highest BCUT2D eigenvalue weighted by Gasteiger charge is 2.32. The first-order valence-corrected chi connectivity index (χ1v) is 8.52. The largest absolute Gasteiger partial charge is 0.492 e. The highest BCUT2D eigenvalue weighted by atomic mass is 35.5. The van der Waals surface area contributed by atoms with Crippen LogP contribution in [0.2, 0.25) is 0 Å². The maximum atomic E-state index is 10.7. The van der Waals surface area contributed by atoms with E-state index in [9.17, 15) is 10.1 Å². The van der Waals surface area contributed by atoms with Crippen molar-refractivity contribution in [2.75, 3.05) is 32.8 Å². The van der Waals surface area contributed by atoms with Crippen LogP contribution in [0.4, 0.5) is 5.69 Å². The average Bonchev–Trinajstić information content (AvgIpc) is 3.06. The maximum absolute atomic E-state index is 10.7. The Kier molecular flexibility index (Phi) is 7.38. The van der Waals surface area contributed by atoms with Gasteiger partial charge in [-0.25, -0.2) is 0 Å². The summed E-state index contributed by atoms with van der Waals surface area (Å²) in [7, 11) is 0. The molecule has 1 heterocycles. The van der Waals surface area contributed by atoms with Crippen molar-refractivity contribution in [1.82, 2.24) is 4.90 Å². The highest BCUT2D eigenvalue weighted by molar-refractivity contribution is 5.85. The Morgan fingerprint density at radius 3 is 2.42 bits per heavy atom. The number of hydrogen-bond donors (Lipinski definition) is 1. The van der Waals surface area contributed by atoms with E-state index >= 15 is 0 Å². The molecular weight excluding hydrogens is 354 g/mol. The number of non-ortho nitro benzene ring substituents is 1. The van der Waals surface area contributed by atoms with E-state index in [0.717, 1.165) is 19.6 Å². The summed E-state index contributed by atoms with van der Waals surface area (Å²) in [6.45, 7) is 4.00. The summed E-state index contributed by atoms with van der Waals surface area (Å²) in [4.78, 5) is 12.6. The lowest BCUT2D eigenvalue weighted by molar-refractivity contribution is -0.384. The Labute approximate surface area is 159 Å². The zero-order valence-corrected chi connectivity index (χ0v) is 15.3. The van der Waals surface area contributed by atoms with Gasteiger partial charge in [-0.1, -0.05) is 30.3 Å². The van der Waals surface area contributed by atoms with Gasteiger partial charge in [0.2, 0.25) is 0 Å². The number of hydrogen-bond acceptors (Lipinski definition) is 5. The molecule has 1 saturated heterocycles. The van der Waals surface area contributed by atoms with Gasteiger partial charge in [0.25, 0.3) is 5.69 Å². The number of benzene rings is 2. The summed E-state index contributed by atoms with van der Waals surface area (Å²) in [5.41, 5.74) is 7.39. The normalized spacial score (nSPS) is 19.7. The van der Waals surface area contributed by atoms with Gasteiger partial charge in [0.1, 0.15) is 12.4 Å². The van der Waals surface area contributed by atoms with E-state index in [1.807, 2.05) is 6.07 Å². The number of likely N-dealkylation sites (tertiary alicyclic amines) is 1. The van der Waals surface area contributed by atoms with Crippen LogP contribution >= 0.6 is 12.4 Å². The maximum Gasteiger partial charge on any atom is 0.269 e. The second kappa shape index (κ2) is 9.52. The van der Waals surface area contributed by atoms with Gasteiger partial charge in [-0.2, -0.15) is 0 Å². The molecule has 1 aliphatic rings. The van der Waals surface area contributed by atoms with Gasteiger partial charge in [0.15, 0.2) is 0 Å².